The summed E-state index contributed by atoms with van der Waals surface area (Å²) >= 11 is 0. The molecule has 0 unspecified atom stereocenters. The lowest BCUT2D eigenvalue weighted by molar-refractivity contribution is 0.125. The van der Waals surface area contributed by atoms with E-state index in [4.69, 9.17) is 11.5 Å². The molecule has 2 heteroatoms. The fourth-order valence-corrected chi connectivity index (χ4v) is 4.53. The SMILES string of the molecule is CCC(C)(C)C1CCC(c2ccc(N)cc2)(c2ccc(N)cc2)CC1. The molecule has 0 radical (unpaired) electrons. The van der Waals surface area contributed by atoms with Gasteiger partial charge in [0.2, 0.25) is 0 Å². The molecular formula is C23H32N2. The molecule has 3 rings (SSSR count). The minimum Gasteiger partial charge on any atom is -0.399 e. The summed E-state index contributed by atoms with van der Waals surface area (Å²) in [6.07, 6.45) is 6.17. The first-order valence-electron chi connectivity index (χ1n) is 9.59. The van der Waals surface area contributed by atoms with E-state index in [0.29, 0.717) is 5.41 Å². The molecule has 0 atom stereocenters. The Morgan fingerprint density at radius 2 is 1.24 bits per heavy atom. The molecule has 0 spiro atoms. The molecule has 1 fully saturated rings. The molecule has 1 aliphatic rings. The third-order valence-electron chi connectivity index (χ3n) is 6.78. The molecule has 4 N–H and O–H groups in total. The monoisotopic (exact) mass is 336 g/mol. The summed E-state index contributed by atoms with van der Waals surface area (Å²) in [5.41, 5.74) is 16.8. The van der Waals surface area contributed by atoms with Crippen molar-refractivity contribution in [2.45, 2.75) is 58.3 Å². The lowest BCUT2D eigenvalue weighted by Gasteiger charge is -2.46. The van der Waals surface area contributed by atoms with Gasteiger partial charge < -0.3 is 11.5 Å². The summed E-state index contributed by atoms with van der Waals surface area (Å²) in [6, 6.07) is 17.0. The minimum atomic E-state index is 0.0850. The van der Waals surface area contributed by atoms with E-state index in [1.807, 2.05) is 24.3 Å². The van der Waals surface area contributed by atoms with Crippen molar-refractivity contribution in [1.29, 1.82) is 0 Å². The quantitative estimate of drug-likeness (QED) is 0.697. The van der Waals surface area contributed by atoms with Crippen molar-refractivity contribution in [3.8, 4) is 0 Å². The summed E-state index contributed by atoms with van der Waals surface area (Å²) in [4.78, 5) is 0. The fourth-order valence-electron chi connectivity index (χ4n) is 4.53. The van der Waals surface area contributed by atoms with Gasteiger partial charge in [-0.1, -0.05) is 51.5 Å². The molecule has 0 saturated heterocycles. The van der Waals surface area contributed by atoms with Gasteiger partial charge in [-0.15, -0.1) is 0 Å². The zero-order valence-corrected chi connectivity index (χ0v) is 15.9. The first kappa shape index (κ1) is 17.8. The van der Waals surface area contributed by atoms with E-state index in [1.165, 1.54) is 43.2 Å². The average molecular weight is 337 g/mol. The summed E-state index contributed by atoms with van der Waals surface area (Å²) < 4.78 is 0. The standard InChI is InChI=1S/C23H32N2/c1-4-22(2,3)17-13-15-23(16-14-17,18-5-9-20(24)10-6-18)19-7-11-21(25)12-8-19/h5-12,17H,4,13-16,24-25H2,1-3H3. The maximum atomic E-state index is 5.94. The molecule has 2 aromatic carbocycles. The van der Waals surface area contributed by atoms with Gasteiger partial charge >= 0.3 is 0 Å². The second-order valence-corrected chi connectivity index (χ2v) is 8.44. The van der Waals surface area contributed by atoms with Crippen molar-refractivity contribution >= 4 is 11.4 Å². The van der Waals surface area contributed by atoms with Crippen molar-refractivity contribution in [2.75, 3.05) is 11.5 Å². The van der Waals surface area contributed by atoms with Crippen LogP contribution >= 0.6 is 0 Å². The van der Waals surface area contributed by atoms with Crippen LogP contribution < -0.4 is 11.5 Å². The fraction of sp³-hybridized carbons (Fsp3) is 0.478. The van der Waals surface area contributed by atoms with Gasteiger partial charge in [-0.25, -0.2) is 0 Å². The van der Waals surface area contributed by atoms with E-state index in [9.17, 15) is 0 Å². The summed E-state index contributed by atoms with van der Waals surface area (Å²) in [6.45, 7) is 7.18. The van der Waals surface area contributed by atoms with Crippen LogP contribution in [-0.2, 0) is 5.41 Å². The Hall–Kier alpha value is -1.96. The largest absolute Gasteiger partial charge is 0.399 e. The van der Waals surface area contributed by atoms with Gasteiger partial charge in [0.25, 0.3) is 0 Å². The van der Waals surface area contributed by atoms with Crippen LogP contribution in [0.5, 0.6) is 0 Å². The molecular weight excluding hydrogens is 304 g/mol. The zero-order chi connectivity index (χ0) is 18.1. The van der Waals surface area contributed by atoms with Crippen molar-refractivity contribution in [3.63, 3.8) is 0 Å². The molecule has 134 valence electrons. The topological polar surface area (TPSA) is 52.0 Å². The average Bonchev–Trinajstić information content (AvgIpc) is 2.63. The number of benzene rings is 2. The molecule has 0 aromatic heterocycles. The van der Waals surface area contributed by atoms with Crippen LogP contribution in [0.2, 0.25) is 0 Å². The van der Waals surface area contributed by atoms with Crippen LogP contribution in [0.4, 0.5) is 11.4 Å². The Kier molecular flexibility index (Phi) is 4.81. The normalized spacial score (nSPS) is 18.2. The highest BCUT2D eigenvalue weighted by Crippen LogP contribution is 2.51. The van der Waals surface area contributed by atoms with Gasteiger partial charge in [0, 0.05) is 16.8 Å². The number of rotatable bonds is 4. The lowest BCUT2D eigenvalue weighted by Crippen LogP contribution is -2.37. The third-order valence-corrected chi connectivity index (χ3v) is 6.78. The van der Waals surface area contributed by atoms with Crippen molar-refractivity contribution in [1.82, 2.24) is 0 Å². The molecule has 0 bridgehead atoms. The van der Waals surface area contributed by atoms with Crippen LogP contribution in [-0.4, -0.2) is 0 Å². The van der Waals surface area contributed by atoms with Crippen molar-refractivity contribution in [3.05, 3.63) is 59.7 Å². The summed E-state index contributed by atoms with van der Waals surface area (Å²) in [5.74, 6) is 0.799. The van der Waals surface area contributed by atoms with E-state index in [1.54, 1.807) is 0 Å². The lowest BCUT2D eigenvalue weighted by atomic mass is 9.58. The van der Waals surface area contributed by atoms with Gasteiger partial charge in [0.15, 0.2) is 0 Å². The van der Waals surface area contributed by atoms with Crippen LogP contribution in [0.1, 0.15) is 64.0 Å². The molecule has 2 nitrogen and oxygen atoms in total. The second-order valence-electron chi connectivity index (χ2n) is 8.44. The Morgan fingerprint density at radius 3 is 1.60 bits per heavy atom. The van der Waals surface area contributed by atoms with Crippen LogP contribution in [0.3, 0.4) is 0 Å². The first-order valence-corrected chi connectivity index (χ1v) is 9.59. The van der Waals surface area contributed by atoms with Crippen LogP contribution in [0.25, 0.3) is 0 Å². The second kappa shape index (κ2) is 6.74. The number of nitrogen functional groups attached to an aromatic ring is 2. The Bertz CT molecular complexity index is 642. The highest BCUT2D eigenvalue weighted by molar-refractivity contribution is 5.49. The van der Waals surface area contributed by atoms with Gasteiger partial charge in [-0.3, -0.25) is 0 Å². The highest BCUT2D eigenvalue weighted by Gasteiger charge is 2.41. The van der Waals surface area contributed by atoms with Gasteiger partial charge in [-0.05, 0) is 72.4 Å². The molecule has 25 heavy (non-hydrogen) atoms. The van der Waals surface area contributed by atoms with Crippen LogP contribution in [0.15, 0.2) is 48.5 Å². The highest BCUT2D eigenvalue weighted by atomic mass is 14.6. The molecule has 2 aromatic rings. The zero-order valence-electron chi connectivity index (χ0n) is 15.9. The number of hydrogen-bond acceptors (Lipinski definition) is 2. The predicted molar refractivity (Wildman–Crippen MR) is 109 cm³/mol. The number of nitrogens with two attached hydrogens (primary N) is 2. The van der Waals surface area contributed by atoms with E-state index in [0.717, 1.165) is 17.3 Å². The van der Waals surface area contributed by atoms with E-state index in [2.05, 4.69) is 45.0 Å². The third kappa shape index (κ3) is 3.40. The summed E-state index contributed by atoms with van der Waals surface area (Å²) in [5, 5.41) is 0. The Labute approximate surface area is 152 Å². The van der Waals surface area contributed by atoms with E-state index >= 15 is 0 Å². The van der Waals surface area contributed by atoms with E-state index in [-0.39, 0.29) is 5.41 Å². The van der Waals surface area contributed by atoms with Crippen molar-refractivity contribution < 1.29 is 0 Å². The van der Waals surface area contributed by atoms with Gasteiger partial charge in [0.1, 0.15) is 0 Å². The van der Waals surface area contributed by atoms with E-state index < -0.39 is 0 Å². The summed E-state index contributed by atoms with van der Waals surface area (Å²) in [7, 11) is 0. The Morgan fingerprint density at radius 1 is 0.840 bits per heavy atom. The number of anilines is 2. The van der Waals surface area contributed by atoms with Gasteiger partial charge in [0.05, 0.1) is 0 Å². The van der Waals surface area contributed by atoms with Crippen LogP contribution in [0, 0.1) is 11.3 Å². The molecule has 0 amide bonds. The molecule has 0 aliphatic heterocycles. The van der Waals surface area contributed by atoms with Crippen molar-refractivity contribution in [2.24, 2.45) is 11.3 Å². The van der Waals surface area contributed by atoms with Gasteiger partial charge in [-0.2, -0.15) is 0 Å². The Balaban J connectivity index is 1.97. The predicted octanol–water partition coefficient (Wildman–Crippen LogP) is 5.76. The maximum Gasteiger partial charge on any atom is 0.0314 e. The maximum absolute atomic E-state index is 5.94. The minimum absolute atomic E-state index is 0.0850. The molecule has 1 saturated carbocycles. The molecule has 0 heterocycles. The number of hydrogen-bond donors (Lipinski definition) is 2. The smallest absolute Gasteiger partial charge is 0.0314 e. The first-order chi connectivity index (χ1) is 11.9. The molecule has 1 aliphatic carbocycles.